The SMILES string of the molecule is CN=C(NCC(C)Cn1cccn1)NC1CCN(c2c(F)cccc2F)C1.I. The van der Waals surface area contributed by atoms with E-state index in [1.165, 1.54) is 18.2 Å². The lowest BCUT2D eigenvalue weighted by Gasteiger charge is -2.22. The summed E-state index contributed by atoms with van der Waals surface area (Å²) in [5.74, 6) is 0.0235. The number of para-hydroxylation sites is 1. The van der Waals surface area contributed by atoms with Gasteiger partial charge in [0.15, 0.2) is 5.96 Å². The third-order valence-electron chi connectivity index (χ3n) is 4.68. The Hall–Kier alpha value is -1.91. The van der Waals surface area contributed by atoms with Gasteiger partial charge in [0.25, 0.3) is 0 Å². The van der Waals surface area contributed by atoms with Crippen LogP contribution in [-0.4, -0.2) is 48.5 Å². The first-order valence-electron chi connectivity index (χ1n) is 9.20. The maximum Gasteiger partial charge on any atom is 0.191 e. The molecule has 2 N–H and O–H groups in total. The van der Waals surface area contributed by atoms with Gasteiger partial charge < -0.3 is 15.5 Å². The molecule has 3 rings (SSSR count). The minimum atomic E-state index is -0.523. The minimum Gasteiger partial charge on any atom is -0.365 e. The molecule has 1 aliphatic heterocycles. The van der Waals surface area contributed by atoms with Crippen molar-refractivity contribution in [3.63, 3.8) is 0 Å². The molecule has 2 atom stereocenters. The maximum absolute atomic E-state index is 14.0. The molecule has 6 nitrogen and oxygen atoms in total. The number of anilines is 1. The Morgan fingerprint density at radius 2 is 2.07 bits per heavy atom. The quantitative estimate of drug-likeness (QED) is 0.361. The lowest BCUT2D eigenvalue weighted by atomic mass is 10.2. The number of aromatic nitrogens is 2. The Balaban J connectivity index is 0.00000280. The second kappa shape index (κ2) is 10.6. The van der Waals surface area contributed by atoms with Gasteiger partial charge >= 0.3 is 0 Å². The number of halogens is 3. The molecule has 0 saturated carbocycles. The smallest absolute Gasteiger partial charge is 0.191 e. The van der Waals surface area contributed by atoms with Crippen LogP contribution < -0.4 is 15.5 Å². The zero-order valence-corrected chi connectivity index (χ0v) is 18.4. The van der Waals surface area contributed by atoms with Crippen LogP contribution in [0.3, 0.4) is 0 Å². The molecule has 0 aliphatic carbocycles. The van der Waals surface area contributed by atoms with Crippen molar-refractivity contribution < 1.29 is 8.78 Å². The van der Waals surface area contributed by atoms with Crippen molar-refractivity contribution in [3.8, 4) is 0 Å². The summed E-state index contributed by atoms with van der Waals surface area (Å²) in [5, 5.41) is 10.9. The standard InChI is InChI=1S/C19H26F2N6.HI/c1-14(12-27-9-4-8-24-27)11-23-19(22-2)25-15-7-10-26(13-15)18-16(20)5-3-6-17(18)21;/h3-6,8-9,14-15H,7,10-13H2,1-2H3,(H2,22,23,25);1H. The highest BCUT2D eigenvalue weighted by molar-refractivity contribution is 14.0. The van der Waals surface area contributed by atoms with Gasteiger partial charge in [0.05, 0.1) is 0 Å². The first-order valence-corrected chi connectivity index (χ1v) is 9.20. The molecule has 0 spiro atoms. The average molecular weight is 504 g/mol. The predicted molar refractivity (Wildman–Crippen MR) is 118 cm³/mol. The molecule has 1 aromatic heterocycles. The summed E-state index contributed by atoms with van der Waals surface area (Å²) in [6.07, 6.45) is 4.50. The van der Waals surface area contributed by atoms with Crippen molar-refractivity contribution in [2.45, 2.75) is 25.9 Å². The number of nitrogens with one attached hydrogen (secondary N) is 2. The van der Waals surface area contributed by atoms with Gasteiger partial charge in [-0.05, 0) is 30.5 Å². The average Bonchev–Trinajstić information content (AvgIpc) is 3.30. The summed E-state index contributed by atoms with van der Waals surface area (Å²) >= 11 is 0. The molecule has 0 amide bonds. The minimum absolute atomic E-state index is 0. The van der Waals surface area contributed by atoms with Crippen molar-refractivity contribution in [1.29, 1.82) is 0 Å². The molecule has 154 valence electrons. The monoisotopic (exact) mass is 504 g/mol. The summed E-state index contributed by atoms with van der Waals surface area (Å²) in [6.45, 7) is 4.84. The van der Waals surface area contributed by atoms with Crippen LogP contribution in [0.4, 0.5) is 14.5 Å². The maximum atomic E-state index is 14.0. The van der Waals surface area contributed by atoms with Gasteiger partial charge in [-0.2, -0.15) is 5.10 Å². The van der Waals surface area contributed by atoms with Gasteiger partial charge in [0.1, 0.15) is 17.3 Å². The van der Waals surface area contributed by atoms with Gasteiger partial charge in [-0.25, -0.2) is 8.78 Å². The number of nitrogens with zero attached hydrogens (tertiary/aromatic N) is 4. The van der Waals surface area contributed by atoms with Crippen LogP contribution in [0.2, 0.25) is 0 Å². The highest BCUT2D eigenvalue weighted by Gasteiger charge is 2.27. The van der Waals surface area contributed by atoms with Crippen molar-refractivity contribution in [2.24, 2.45) is 10.9 Å². The van der Waals surface area contributed by atoms with Gasteiger partial charge in [-0.15, -0.1) is 24.0 Å². The van der Waals surface area contributed by atoms with Gasteiger partial charge in [0.2, 0.25) is 0 Å². The fraction of sp³-hybridized carbons (Fsp3) is 0.474. The molecule has 0 bridgehead atoms. The zero-order chi connectivity index (χ0) is 19.2. The van der Waals surface area contributed by atoms with E-state index in [0.717, 1.165) is 19.5 Å². The van der Waals surface area contributed by atoms with Crippen LogP contribution in [0.1, 0.15) is 13.3 Å². The van der Waals surface area contributed by atoms with E-state index in [0.29, 0.717) is 25.0 Å². The first-order chi connectivity index (χ1) is 13.1. The van der Waals surface area contributed by atoms with Crippen LogP contribution >= 0.6 is 24.0 Å². The number of benzene rings is 1. The number of aliphatic imine (C=N–C) groups is 1. The Morgan fingerprint density at radius 3 is 2.71 bits per heavy atom. The second-order valence-electron chi connectivity index (χ2n) is 6.93. The highest BCUT2D eigenvalue weighted by atomic mass is 127. The molecule has 9 heteroatoms. The van der Waals surface area contributed by atoms with Gasteiger partial charge in [-0.3, -0.25) is 9.67 Å². The van der Waals surface area contributed by atoms with Gasteiger partial charge in [-0.1, -0.05) is 13.0 Å². The molecule has 1 fully saturated rings. The third kappa shape index (κ3) is 5.79. The number of hydrogen-bond donors (Lipinski definition) is 2. The summed E-state index contributed by atoms with van der Waals surface area (Å²) in [7, 11) is 1.72. The largest absolute Gasteiger partial charge is 0.365 e. The molecule has 0 radical (unpaired) electrons. The molecule has 2 unspecified atom stereocenters. The zero-order valence-electron chi connectivity index (χ0n) is 16.1. The van der Waals surface area contributed by atoms with E-state index in [2.05, 4.69) is 27.6 Å². The van der Waals surface area contributed by atoms with E-state index < -0.39 is 11.6 Å². The lowest BCUT2D eigenvalue weighted by molar-refractivity contribution is 0.442. The van der Waals surface area contributed by atoms with Crippen LogP contribution in [-0.2, 0) is 6.54 Å². The number of hydrogen-bond acceptors (Lipinski definition) is 3. The summed E-state index contributed by atoms with van der Waals surface area (Å²) in [6, 6.07) is 5.96. The first kappa shape index (κ1) is 22.4. The fourth-order valence-corrected chi connectivity index (χ4v) is 3.32. The molecular formula is C19H27F2IN6. The van der Waals surface area contributed by atoms with E-state index in [1.807, 2.05) is 16.9 Å². The molecule has 1 saturated heterocycles. The molecular weight excluding hydrogens is 477 g/mol. The molecule has 1 aromatic carbocycles. The Kier molecular flexibility index (Phi) is 8.46. The second-order valence-corrected chi connectivity index (χ2v) is 6.93. The van der Waals surface area contributed by atoms with E-state index >= 15 is 0 Å². The van der Waals surface area contributed by atoms with Crippen molar-refractivity contribution in [2.75, 3.05) is 31.6 Å². The van der Waals surface area contributed by atoms with Crippen molar-refractivity contribution in [3.05, 3.63) is 48.3 Å². The summed E-state index contributed by atoms with van der Waals surface area (Å²) in [4.78, 5) is 6.00. The van der Waals surface area contributed by atoms with Crippen molar-refractivity contribution >= 4 is 35.6 Å². The van der Waals surface area contributed by atoms with Crippen LogP contribution in [0.5, 0.6) is 0 Å². The van der Waals surface area contributed by atoms with E-state index in [1.54, 1.807) is 18.1 Å². The van der Waals surface area contributed by atoms with Crippen LogP contribution in [0, 0.1) is 17.6 Å². The Morgan fingerprint density at radius 1 is 1.32 bits per heavy atom. The predicted octanol–water partition coefficient (Wildman–Crippen LogP) is 2.86. The molecule has 2 heterocycles. The fourth-order valence-electron chi connectivity index (χ4n) is 3.32. The van der Waals surface area contributed by atoms with Crippen LogP contribution in [0.15, 0.2) is 41.7 Å². The molecule has 2 aromatic rings. The Labute approximate surface area is 181 Å². The van der Waals surface area contributed by atoms with E-state index in [4.69, 9.17) is 0 Å². The molecule has 28 heavy (non-hydrogen) atoms. The topological polar surface area (TPSA) is 57.5 Å². The number of rotatable bonds is 6. The van der Waals surface area contributed by atoms with Gasteiger partial charge in [0, 0.05) is 51.7 Å². The summed E-state index contributed by atoms with van der Waals surface area (Å²) < 4.78 is 29.9. The lowest BCUT2D eigenvalue weighted by Crippen LogP contribution is -2.46. The van der Waals surface area contributed by atoms with E-state index in [-0.39, 0.29) is 35.7 Å². The Bertz CT molecular complexity index is 748. The highest BCUT2D eigenvalue weighted by Crippen LogP contribution is 2.26. The van der Waals surface area contributed by atoms with E-state index in [9.17, 15) is 8.78 Å². The van der Waals surface area contributed by atoms with Crippen molar-refractivity contribution in [1.82, 2.24) is 20.4 Å². The summed E-state index contributed by atoms with van der Waals surface area (Å²) in [5.41, 5.74) is 0.0533. The number of guanidine groups is 1. The normalized spacial score (nSPS) is 17.9. The molecule has 1 aliphatic rings. The third-order valence-corrected chi connectivity index (χ3v) is 4.68. The van der Waals surface area contributed by atoms with Crippen LogP contribution in [0.25, 0.3) is 0 Å².